The van der Waals surface area contributed by atoms with E-state index in [2.05, 4.69) is 83.0 Å². The highest BCUT2D eigenvalue weighted by Crippen LogP contribution is 2.33. The van der Waals surface area contributed by atoms with Gasteiger partial charge in [0, 0.05) is 29.2 Å². The Morgan fingerprint density at radius 3 is 1.41 bits per heavy atom. The van der Waals surface area contributed by atoms with Crippen LogP contribution in [-0.4, -0.2) is 5.91 Å². The third-order valence-electron chi connectivity index (χ3n) is 4.74. The van der Waals surface area contributed by atoms with E-state index in [1.54, 1.807) is 0 Å². The van der Waals surface area contributed by atoms with Gasteiger partial charge in [-0.2, -0.15) is 0 Å². The van der Waals surface area contributed by atoms with Gasteiger partial charge in [0.2, 0.25) is 0 Å². The van der Waals surface area contributed by atoms with Gasteiger partial charge >= 0.3 is 0 Å². The van der Waals surface area contributed by atoms with E-state index >= 15 is 0 Å². The molecule has 29 heavy (non-hydrogen) atoms. The van der Waals surface area contributed by atoms with Crippen molar-refractivity contribution in [3.63, 3.8) is 0 Å². The molecule has 1 aliphatic rings. The van der Waals surface area contributed by atoms with Gasteiger partial charge in [0.15, 0.2) is 0 Å². The van der Waals surface area contributed by atoms with E-state index in [-0.39, 0.29) is 5.91 Å². The summed E-state index contributed by atoms with van der Waals surface area (Å²) < 4.78 is 0. The van der Waals surface area contributed by atoms with Crippen LogP contribution in [-0.2, 0) is 6.54 Å². The van der Waals surface area contributed by atoms with Gasteiger partial charge in [0.05, 0.1) is 0 Å². The Hall–Kier alpha value is -3.85. The molecule has 0 fully saturated rings. The van der Waals surface area contributed by atoms with Crippen LogP contribution in [0.1, 0.15) is 15.9 Å². The Bertz CT molecular complexity index is 969. The van der Waals surface area contributed by atoms with E-state index in [0.29, 0.717) is 6.54 Å². The number of nitrogens with one attached hydrogen (secondary N) is 1. The highest BCUT2D eigenvalue weighted by atomic mass is 16.1. The maximum atomic E-state index is 11.0. The van der Waals surface area contributed by atoms with Gasteiger partial charge in [-0.1, -0.05) is 72.8 Å². The summed E-state index contributed by atoms with van der Waals surface area (Å²) in [4.78, 5) is 13.2. The molecule has 0 unspecified atom stereocenters. The highest BCUT2D eigenvalue weighted by molar-refractivity contribution is 5.98. The number of anilines is 3. The van der Waals surface area contributed by atoms with E-state index in [9.17, 15) is 4.79 Å². The monoisotopic (exact) mass is 378 g/mol. The van der Waals surface area contributed by atoms with E-state index in [4.69, 9.17) is 0 Å². The van der Waals surface area contributed by atoms with Gasteiger partial charge in [-0.3, -0.25) is 4.79 Å². The summed E-state index contributed by atoms with van der Waals surface area (Å²) >= 11 is 0. The average molecular weight is 378 g/mol. The highest BCUT2D eigenvalue weighted by Gasteiger charge is 2.16. The van der Waals surface area contributed by atoms with Crippen molar-refractivity contribution in [1.82, 2.24) is 5.32 Å². The first-order chi connectivity index (χ1) is 14.3. The number of nitrogens with zero attached hydrogens (tertiary/aromatic N) is 1. The molecular weight excluding hydrogens is 356 g/mol. The molecule has 0 aliphatic carbocycles. The maximum absolute atomic E-state index is 11.0. The van der Waals surface area contributed by atoms with Crippen molar-refractivity contribution in [3.05, 3.63) is 126 Å². The van der Waals surface area contributed by atoms with Crippen LogP contribution < -0.4 is 10.2 Å². The van der Waals surface area contributed by atoms with Gasteiger partial charge in [-0.05, 0) is 48.0 Å². The number of carbonyl (C=O) groups is 1. The molecule has 0 aromatic heterocycles. The van der Waals surface area contributed by atoms with Crippen molar-refractivity contribution in [3.8, 4) is 0 Å². The normalized spacial score (nSPS) is 11.7. The minimum absolute atomic E-state index is 0.0515. The van der Waals surface area contributed by atoms with Crippen LogP contribution in [0.25, 0.3) is 0 Å². The predicted molar refractivity (Wildman–Crippen MR) is 119 cm³/mol. The molecule has 0 radical (unpaired) electrons. The smallest absolute Gasteiger partial charge is 0.251 e. The topological polar surface area (TPSA) is 32.3 Å². The molecule has 1 N–H and O–H groups in total. The van der Waals surface area contributed by atoms with Gasteiger partial charge in [-0.15, -0.1) is 0 Å². The molecule has 0 spiro atoms. The number of rotatable bonds is 3. The van der Waals surface area contributed by atoms with Gasteiger partial charge in [0.25, 0.3) is 5.91 Å². The number of benzene rings is 4. The fourth-order valence-electron chi connectivity index (χ4n) is 3.35. The molecule has 4 aromatic carbocycles. The van der Waals surface area contributed by atoms with Crippen molar-refractivity contribution in [2.45, 2.75) is 6.54 Å². The molecule has 142 valence electrons. The summed E-state index contributed by atoms with van der Waals surface area (Å²) in [5.41, 5.74) is 5.43. The molecule has 0 saturated heterocycles. The fraction of sp³-hybridized carbons (Fsp3) is 0.0385. The molecular formula is C26H22N2O. The average Bonchev–Trinajstić information content (AvgIpc) is 3.18. The van der Waals surface area contributed by atoms with Crippen molar-refractivity contribution < 1.29 is 4.79 Å². The van der Waals surface area contributed by atoms with Crippen molar-refractivity contribution in [2.75, 3.05) is 4.90 Å². The lowest BCUT2D eigenvalue weighted by atomic mass is 10.1. The predicted octanol–water partition coefficient (Wildman–Crippen LogP) is 6.09. The second kappa shape index (κ2) is 8.89. The minimum atomic E-state index is 0.0515. The maximum Gasteiger partial charge on any atom is 0.251 e. The summed E-state index contributed by atoms with van der Waals surface area (Å²) in [7, 11) is 0. The molecule has 1 amide bonds. The molecule has 3 nitrogen and oxygen atoms in total. The first-order valence-electron chi connectivity index (χ1n) is 9.64. The van der Waals surface area contributed by atoms with Crippen LogP contribution in [0.15, 0.2) is 115 Å². The van der Waals surface area contributed by atoms with Crippen molar-refractivity contribution in [1.29, 1.82) is 0 Å². The zero-order valence-electron chi connectivity index (χ0n) is 16.0. The number of carbonyl (C=O) groups excluding carboxylic acids is 1. The Kier molecular flexibility index (Phi) is 5.68. The molecule has 1 heterocycles. The van der Waals surface area contributed by atoms with Crippen LogP contribution in [0, 0.1) is 0 Å². The second-order valence-corrected chi connectivity index (χ2v) is 6.68. The SMILES string of the molecule is O=C1NCc2ccccc21.c1ccc(N(c2ccccc2)c2ccccc2)cc1. The number of hydrogen-bond acceptors (Lipinski definition) is 2. The van der Waals surface area contributed by atoms with Gasteiger partial charge < -0.3 is 10.2 Å². The van der Waals surface area contributed by atoms with Crippen LogP contribution >= 0.6 is 0 Å². The fourth-order valence-corrected chi connectivity index (χ4v) is 3.35. The zero-order chi connectivity index (χ0) is 19.9. The van der Waals surface area contributed by atoms with E-state index in [1.165, 1.54) is 17.1 Å². The summed E-state index contributed by atoms with van der Waals surface area (Å²) in [6, 6.07) is 38.9. The first kappa shape index (κ1) is 18.5. The lowest BCUT2D eigenvalue weighted by Crippen LogP contribution is -2.12. The third kappa shape index (κ3) is 4.36. The molecule has 0 atom stereocenters. The van der Waals surface area contributed by atoms with Gasteiger partial charge in [-0.25, -0.2) is 0 Å². The van der Waals surface area contributed by atoms with Crippen LogP contribution in [0.5, 0.6) is 0 Å². The molecule has 0 saturated carbocycles. The van der Waals surface area contributed by atoms with Crippen LogP contribution in [0.4, 0.5) is 17.1 Å². The quantitative estimate of drug-likeness (QED) is 0.468. The Labute approximate surface area is 171 Å². The Morgan fingerprint density at radius 1 is 0.552 bits per heavy atom. The van der Waals surface area contributed by atoms with Gasteiger partial charge in [0.1, 0.15) is 0 Å². The van der Waals surface area contributed by atoms with Crippen LogP contribution in [0.2, 0.25) is 0 Å². The molecule has 4 aromatic rings. The molecule has 3 heteroatoms. The van der Waals surface area contributed by atoms with Crippen LogP contribution in [0.3, 0.4) is 0 Å². The largest absolute Gasteiger partial charge is 0.348 e. The number of hydrogen-bond donors (Lipinski definition) is 1. The van der Waals surface area contributed by atoms with E-state index < -0.39 is 0 Å². The standard InChI is InChI=1S/C18H15N.C8H7NO/c1-4-10-16(11-5-1)19(17-12-6-2-7-13-17)18-14-8-3-9-15-18;10-8-7-4-2-1-3-6(7)5-9-8/h1-15H;1-4H,5H2,(H,9,10). The summed E-state index contributed by atoms with van der Waals surface area (Å²) in [6.07, 6.45) is 0. The minimum Gasteiger partial charge on any atom is -0.348 e. The molecule has 1 aliphatic heterocycles. The van der Waals surface area contributed by atoms with E-state index in [0.717, 1.165) is 11.1 Å². The summed E-state index contributed by atoms with van der Waals surface area (Å²) in [5.74, 6) is 0.0515. The molecule has 5 rings (SSSR count). The number of amides is 1. The van der Waals surface area contributed by atoms with Crippen molar-refractivity contribution in [2.24, 2.45) is 0 Å². The zero-order valence-corrected chi connectivity index (χ0v) is 16.0. The summed E-state index contributed by atoms with van der Waals surface area (Å²) in [5, 5.41) is 2.75. The van der Waals surface area contributed by atoms with E-state index in [1.807, 2.05) is 42.5 Å². The first-order valence-corrected chi connectivity index (χ1v) is 9.64. The Balaban J connectivity index is 0.000000171. The Morgan fingerprint density at radius 2 is 0.966 bits per heavy atom. The second-order valence-electron chi connectivity index (χ2n) is 6.68. The third-order valence-corrected chi connectivity index (χ3v) is 4.74. The number of para-hydroxylation sites is 3. The summed E-state index contributed by atoms with van der Waals surface area (Å²) in [6.45, 7) is 0.689. The lowest BCUT2D eigenvalue weighted by molar-refractivity contribution is 0.0966. The lowest BCUT2D eigenvalue weighted by Gasteiger charge is -2.25. The molecule has 0 bridgehead atoms. The number of fused-ring (bicyclic) bond motifs is 1. The van der Waals surface area contributed by atoms with Crippen molar-refractivity contribution >= 4 is 23.0 Å².